The van der Waals surface area contributed by atoms with Gasteiger partial charge in [-0.15, -0.1) is 5.10 Å². The predicted octanol–water partition coefficient (Wildman–Crippen LogP) is 6.25. The number of pyridine rings is 1. The molecule has 0 saturated carbocycles. The number of benzene rings is 1. The second kappa shape index (κ2) is 9.73. The van der Waals surface area contributed by atoms with Crippen molar-refractivity contribution in [3.05, 3.63) is 71.1 Å². The largest absolute Gasteiger partial charge is 0.311 e. The van der Waals surface area contributed by atoms with Gasteiger partial charge in [-0.25, -0.2) is 13.8 Å². The molecular formula is C26H30F2N4O. The van der Waals surface area contributed by atoms with Gasteiger partial charge in [0.05, 0.1) is 28.1 Å². The number of anilines is 1. The summed E-state index contributed by atoms with van der Waals surface area (Å²) in [5.74, 6) is -1.00. The number of hydrogen-bond acceptors (Lipinski definition) is 4. The van der Waals surface area contributed by atoms with Crippen molar-refractivity contribution < 1.29 is 13.6 Å². The highest BCUT2D eigenvalue weighted by Gasteiger charge is 2.41. The monoisotopic (exact) mass is 452 g/mol. The van der Waals surface area contributed by atoms with Crippen molar-refractivity contribution in [1.29, 1.82) is 0 Å². The van der Waals surface area contributed by atoms with Gasteiger partial charge in [-0.1, -0.05) is 46.8 Å². The van der Waals surface area contributed by atoms with Gasteiger partial charge in [0, 0.05) is 6.92 Å². The Morgan fingerprint density at radius 2 is 1.67 bits per heavy atom. The quantitative estimate of drug-likeness (QED) is 0.460. The fourth-order valence-corrected chi connectivity index (χ4v) is 4.44. The molecular weight excluding hydrogens is 422 g/mol. The topological polar surface area (TPSA) is 67.8 Å². The Hall–Kier alpha value is -3.22. The third-order valence-electron chi connectivity index (χ3n) is 6.14. The highest BCUT2D eigenvalue weighted by molar-refractivity contribution is 5.87. The van der Waals surface area contributed by atoms with Crippen molar-refractivity contribution in [2.24, 2.45) is 5.92 Å². The Bertz CT molecular complexity index is 1140. The molecule has 3 aromatic rings. The lowest BCUT2D eigenvalue weighted by molar-refractivity contribution is -0.114. The van der Waals surface area contributed by atoms with Gasteiger partial charge in [-0.2, -0.15) is 5.10 Å². The molecule has 0 fully saturated rings. The van der Waals surface area contributed by atoms with E-state index in [-0.39, 0.29) is 29.0 Å². The van der Waals surface area contributed by atoms with E-state index in [0.717, 1.165) is 17.0 Å². The first kappa shape index (κ1) is 24.4. The minimum absolute atomic E-state index is 0.0206. The van der Waals surface area contributed by atoms with E-state index in [4.69, 9.17) is 4.98 Å². The number of hydrogen-bond donors (Lipinski definition) is 1. The van der Waals surface area contributed by atoms with Crippen molar-refractivity contribution in [2.45, 2.75) is 59.3 Å². The third-order valence-corrected chi connectivity index (χ3v) is 6.14. The average molecular weight is 453 g/mol. The van der Waals surface area contributed by atoms with Gasteiger partial charge in [-0.3, -0.25) is 4.79 Å². The van der Waals surface area contributed by atoms with Gasteiger partial charge in [0.15, 0.2) is 0 Å². The molecule has 0 unspecified atom stereocenters. The molecule has 0 radical (unpaired) electrons. The number of aromatic nitrogens is 3. The molecule has 0 spiro atoms. The summed E-state index contributed by atoms with van der Waals surface area (Å²) in [5.41, 5.74) is 1.69. The number of nitrogens with zero attached hydrogens (tertiary/aromatic N) is 3. The standard InChI is InChI=1S/C26H30F2N4O/c1-7-26(16(4)5,22-12-9-13-23(30-22)29-17(6)33)25-18(15(2)3)14-21(31-32-25)24-19(27)10-8-11-20(24)28/h8-16H,7H2,1-6H3,(H,29,30,33)/t26-/m0/s1. The molecule has 0 aliphatic rings. The van der Waals surface area contributed by atoms with Gasteiger partial charge in [0.2, 0.25) is 5.91 Å². The molecule has 5 nitrogen and oxygen atoms in total. The van der Waals surface area contributed by atoms with Crippen molar-refractivity contribution in [3.8, 4) is 11.3 Å². The Labute approximate surface area is 193 Å². The van der Waals surface area contributed by atoms with Crippen LogP contribution in [0.1, 0.15) is 70.8 Å². The molecule has 0 bridgehead atoms. The molecule has 1 aromatic carbocycles. The summed E-state index contributed by atoms with van der Waals surface area (Å²) in [6.07, 6.45) is 0.670. The lowest BCUT2D eigenvalue weighted by Gasteiger charge is -2.37. The van der Waals surface area contributed by atoms with Crippen LogP contribution in [0.4, 0.5) is 14.6 Å². The summed E-state index contributed by atoms with van der Waals surface area (Å²) in [6, 6.07) is 11.0. The molecule has 0 aliphatic carbocycles. The van der Waals surface area contributed by atoms with E-state index in [0.29, 0.717) is 12.2 Å². The zero-order valence-corrected chi connectivity index (χ0v) is 19.9. The fraction of sp³-hybridized carbons (Fsp3) is 0.385. The molecule has 0 aliphatic heterocycles. The van der Waals surface area contributed by atoms with Crippen LogP contribution in [0.2, 0.25) is 0 Å². The van der Waals surface area contributed by atoms with E-state index < -0.39 is 17.0 Å². The maximum Gasteiger partial charge on any atom is 0.222 e. The van der Waals surface area contributed by atoms with Gasteiger partial charge in [0.25, 0.3) is 0 Å². The maximum absolute atomic E-state index is 14.5. The molecule has 7 heteroatoms. The molecule has 2 aromatic heterocycles. The Kier molecular flexibility index (Phi) is 7.20. The summed E-state index contributed by atoms with van der Waals surface area (Å²) < 4.78 is 28.9. The summed E-state index contributed by atoms with van der Waals surface area (Å²) >= 11 is 0. The lowest BCUT2D eigenvalue weighted by Crippen LogP contribution is -2.37. The van der Waals surface area contributed by atoms with Crippen LogP contribution in [0.5, 0.6) is 0 Å². The van der Waals surface area contributed by atoms with Crippen LogP contribution < -0.4 is 5.32 Å². The van der Waals surface area contributed by atoms with Crippen LogP contribution in [0.15, 0.2) is 42.5 Å². The van der Waals surface area contributed by atoms with Crippen molar-refractivity contribution in [3.63, 3.8) is 0 Å². The number of amides is 1. The molecule has 0 saturated heterocycles. The first-order chi connectivity index (χ1) is 15.6. The summed E-state index contributed by atoms with van der Waals surface area (Å²) in [6.45, 7) is 11.7. The first-order valence-corrected chi connectivity index (χ1v) is 11.2. The van der Waals surface area contributed by atoms with Gasteiger partial charge >= 0.3 is 0 Å². The van der Waals surface area contributed by atoms with Crippen LogP contribution in [0.3, 0.4) is 0 Å². The zero-order valence-electron chi connectivity index (χ0n) is 19.9. The van der Waals surface area contributed by atoms with Crippen LogP contribution in [-0.4, -0.2) is 21.1 Å². The molecule has 3 rings (SSSR count). The minimum atomic E-state index is -0.679. The van der Waals surface area contributed by atoms with E-state index in [1.807, 2.05) is 26.0 Å². The number of rotatable bonds is 7. The molecule has 174 valence electrons. The van der Waals surface area contributed by atoms with Crippen molar-refractivity contribution in [1.82, 2.24) is 15.2 Å². The highest BCUT2D eigenvalue weighted by Crippen LogP contribution is 2.44. The molecule has 33 heavy (non-hydrogen) atoms. The van der Waals surface area contributed by atoms with Crippen LogP contribution >= 0.6 is 0 Å². The lowest BCUT2D eigenvalue weighted by atomic mass is 9.67. The van der Waals surface area contributed by atoms with E-state index in [1.54, 1.807) is 12.1 Å². The van der Waals surface area contributed by atoms with E-state index >= 15 is 0 Å². The maximum atomic E-state index is 14.5. The number of carbonyl (C=O) groups excluding carboxylic acids is 1. The van der Waals surface area contributed by atoms with Gasteiger partial charge in [-0.05, 0) is 54.2 Å². The predicted molar refractivity (Wildman–Crippen MR) is 126 cm³/mol. The average Bonchev–Trinajstić information content (AvgIpc) is 2.74. The second-order valence-electron chi connectivity index (χ2n) is 8.85. The normalized spacial score (nSPS) is 13.3. The second-order valence-corrected chi connectivity index (χ2v) is 8.85. The molecule has 1 amide bonds. The summed E-state index contributed by atoms with van der Waals surface area (Å²) in [7, 11) is 0. The Balaban J connectivity index is 2.27. The molecule has 1 N–H and O–H groups in total. The summed E-state index contributed by atoms with van der Waals surface area (Å²) in [4.78, 5) is 16.3. The van der Waals surface area contributed by atoms with Crippen LogP contribution in [0.25, 0.3) is 11.3 Å². The SMILES string of the molecule is CC[C@](c1cccc(NC(C)=O)n1)(c1nnc(-c2c(F)cccc2F)cc1C(C)C)C(C)C. The smallest absolute Gasteiger partial charge is 0.222 e. The van der Waals surface area contributed by atoms with Crippen molar-refractivity contribution >= 4 is 11.7 Å². The highest BCUT2D eigenvalue weighted by atomic mass is 19.1. The van der Waals surface area contributed by atoms with Crippen LogP contribution in [0, 0.1) is 17.6 Å². The number of halogens is 2. The molecule has 1 atom stereocenters. The van der Waals surface area contributed by atoms with E-state index in [9.17, 15) is 13.6 Å². The van der Waals surface area contributed by atoms with Crippen molar-refractivity contribution in [2.75, 3.05) is 5.32 Å². The van der Waals surface area contributed by atoms with Gasteiger partial charge in [0.1, 0.15) is 17.5 Å². The number of carbonyl (C=O) groups is 1. The third kappa shape index (κ3) is 4.63. The van der Waals surface area contributed by atoms with E-state index in [2.05, 4.69) is 36.3 Å². The Morgan fingerprint density at radius 1 is 1.03 bits per heavy atom. The molecule has 2 heterocycles. The minimum Gasteiger partial charge on any atom is -0.311 e. The number of nitrogens with one attached hydrogen (secondary N) is 1. The first-order valence-electron chi connectivity index (χ1n) is 11.2. The Morgan fingerprint density at radius 3 is 2.21 bits per heavy atom. The zero-order chi connectivity index (χ0) is 24.3. The van der Waals surface area contributed by atoms with Crippen LogP contribution in [-0.2, 0) is 10.2 Å². The van der Waals surface area contributed by atoms with E-state index in [1.165, 1.54) is 25.1 Å². The summed E-state index contributed by atoms with van der Waals surface area (Å²) in [5, 5.41) is 11.6. The fourth-order valence-electron chi connectivity index (χ4n) is 4.44. The van der Waals surface area contributed by atoms with Gasteiger partial charge < -0.3 is 5.32 Å².